The van der Waals surface area contributed by atoms with Gasteiger partial charge in [0, 0.05) is 31.0 Å². The van der Waals surface area contributed by atoms with Gasteiger partial charge < -0.3 is 15.1 Å². The minimum absolute atomic E-state index is 0.0578. The number of hydrogen-bond donors (Lipinski definition) is 1. The zero-order valence-corrected chi connectivity index (χ0v) is 14.6. The largest absolute Gasteiger partial charge is 0.394 e. The van der Waals surface area contributed by atoms with Gasteiger partial charge in [-0.25, -0.2) is 4.79 Å². The maximum absolute atomic E-state index is 13.2. The van der Waals surface area contributed by atoms with E-state index in [1.807, 2.05) is 18.2 Å². The Labute approximate surface area is 146 Å². The van der Waals surface area contributed by atoms with Gasteiger partial charge in [0.1, 0.15) is 0 Å². The van der Waals surface area contributed by atoms with Crippen LogP contribution in [0.15, 0.2) is 24.3 Å². The molecule has 0 radical (unpaired) electrons. The number of hydrogen-bond acceptors (Lipinski definition) is 2. The molecule has 1 aromatic carbocycles. The zero-order valence-electron chi connectivity index (χ0n) is 14.6. The summed E-state index contributed by atoms with van der Waals surface area (Å²) in [7, 11) is 0. The third-order valence-electron chi connectivity index (χ3n) is 5.40. The van der Waals surface area contributed by atoms with Gasteiger partial charge in [0.05, 0.1) is 11.5 Å². The molecule has 0 spiro atoms. The summed E-state index contributed by atoms with van der Waals surface area (Å²) in [5.41, 5.74) is 0.388. The number of carbonyl (C=O) groups excluding carboxylic acids is 1. The Morgan fingerprint density at radius 2 is 1.88 bits per heavy atom. The van der Waals surface area contributed by atoms with Crippen LogP contribution < -0.4 is 10.2 Å². The molecule has 4 nitrogen and oxygen atoms in total. The first kappa shape index (κ1) is 17.9. The first-order valence-electron chi connectivity index (χ1n) is 8.70. The molecule has 0 unspecified atom stereocenters. The average molecular weight is 355 g/mol. The van der Waals surface area contributed by atoms with E-state index in [0.29, 0.717) is 5.69 Å². The SMILES string of the molecule is CC1(C)[C@H](C(F)(F)F)CCN1C(=O)Nc1cccc(N2CCCC2)c1. The second-order valence-electron chi connectivity index (χ2n) is 7.36. The van der Waals surface area contributed by atoms with Crippen LogP contribution in [0, 0.1) is 5.92 Å². The molecule has 2 saturated heterocycles. The lowest BCUT2D eigenvalue weighted by molar-refractivity contribution is -0.189. The number of amides is 2. The number of urea groups is 1. The number of anilines is 2. The summed E-state index contributed by atoms with van der Waals surface area (Å²) in [6, 6.07) is 7.02. The van der Waals surface area contributed by atoms with Crippen molar-refractivity contribution in [1.82, 2.24) is 4.90 Å². The van der Waals surface area contributed by atoms with Gasteiger partial charge >= 0.3 is 12.2 Å². The van der Waals surface area contributed by atoms with E-state index in [2.05, 4.69) is 10.2 Å². The molecule has 25 heavy (non-hydrogen) atoms. The van der Waals surface area contributed by atoms with E-state index >= 15 is 0 Å². The summed E-state index contributed by atoms with van der Waals surface area (Å²) in [6.45, 7) is 5.05. The Morgan fingerprint density at radius 3 is 2.48 bits per heavy atom. The van der Waals surface area contributed by atoms with E-state index < -0.39 is 23.7 Å². The zero-order chi connectivity index (χ0) is 18.2. The third-order valence-corrected chi connectivity index (χ3v) is 5.40. The molecule has 0 aliphatic carbocycles. The number of alkyl halides is 3. The quantitative estimate of drug-likeness (QED) is 0.849. The molecule has 2 fully saturated rings. The van der Waals surface area contributed by atoms with Crippen molar-refractivity contribution in [2.24, 2.45) is 5.92 Å². The Bertz CT molecular complexity index is 639. The first-order valence-corrected chi connectivity index (χ1v) is 8.70. The maximum Gasteiger partial charge on any atom is 0.394 e. The summed E-state index contributed by atoms with van der Waals surface area (Å²) in [4.78, 5) is 16.1. The van der Waals surface area contributed by atoms with Gasteiger partial charge in [0.25, 0.3) is 0 Å². The molecule has 7 heteroatoms. The van der Waals surface area contributed by atoms with Crippen molar-refractivity contribution in [3.63, 3.8) is 0 Å². The van der Waals surface area contributed by atoms with Gasteiger partial charge in [0.2, 0.25) is 0 Å². The lowest BCUT2D eigenvalue weighted by atomic mass is 9.88. The maximum atomic E-state index is 13.2. The summed E-state index contributed by atoms with van der Waals surface area (Å²) < 4.78 is 39.5. The number of halogens is 3. The van der Waals surface area contributed by atoms with Crippen LogP contribution >= 0.6 is 0 Å². The minimum Gasteiger partial charge on any atom is -0.371 e. The van der Waals surface area contributed by atoms with Crippen molar-refractivity contribution in [2.45, 2.75) is 44.8 Å². The Morgan fingerprint density at radius 1 is 1.20 bits per heavy atom. The van der Waals surface area contributed by atoms with Gasteiger partial charge in [-0.05, 0) is 51.3 Å². The number of likely N-dealkylation sites (tertiary alicyclic amines) is 1. The highest BCUT2D eigenvalue weighted by molar-refractivity contribution is 5.90. The monoisotopic (exact) mass is 355 g/mol. The minimum atomic E-state index is -4.30. The predicted octanol–water partition coefficient (Wildman–Crippen LogP) is 4.48. The second kappa shape index (κ2) is 6.42. The summed E-state index contributed by atoms with van der Waals surface area (Å²) in [6.07, 6.45) is -2.05. The Kier molecular flexibility index (Phi) is 4.60. The third kappa shape index (κ3) is 3.55. The van der Waals surface area contributed by atoms with Crippen molar-refractivity contribution >= 4 is 17.4 Å². The summed E-state index contributed by atoms with van der Waals surface area (Å²) in [5, 5.41) is 2.77. The normalized spacial score (nSPS) is 23.2. The molecule has 1 aromatic rings. The van der Waals surface area contributed by atoms with Crippen LogP contribution in [0.4, 0.5) is 29.3 Å². The molecule has 2 aliphatic heterocycles. The van der Waals surface area contributed by atoms with Crippen LogP contribution in [0.3, 0.4) is 0 Å². The molecule has 0 bridgehead atoms. The molecular weight excluding hydrogens is 331 g/mol. The number of benzene rings is 1. The highest BCUT2D eigenvalue weighted by atomic mass is 19.4. The van der Waals surface area contributed by atoms with Crippen LogP contribution in [0.5, 0.6) is 0 Å². The van der Waals surface area contributed by atoms with E-state index in [0.717, 1.165) is 31.6 Å². The highest BCUT2D eigenvalue weighted by Gasteiger charge is 2.56. The Balaban J connectivity index is 1.71. The number of rotatable bonds is 2. The number of nitrogens with one attached hydrogen (secondary N) is 1. The van der Waals surface area contributed by atoms with E-state index in [9.17, 15) is 18.0 Å². The molecule has 0 aromatic heterocycles. The van der Waals surface area contributed by atoms with Gasteiger partial charge in [-0.15, -0.1) is 0 Å². The first-order chi connectivity index (χ1) is 11.7. The van der Waals surface area contributed by atoms with Crippen LogP contribution in [-0.2, 0) is 0 Å². The molecular formula is C18H24F3N3O. The summed E-state index contributed by atoms with van der Waals surface area (Å²) >= 11 is 0. The van der Waals surface area contributed by atoms with Crippen molar-refractivity contribution in [1.29, 1.82) is 0 Å². The van der Waals surface area contributed by atoms with Crippen molar-refractivity contribution in [2.75, 3.05) is 29.9 Å². The molecule has 3 rings (SSSR count). The van der Waals surface area contributed by atoms with E-state index in [-0.39, 0.29) is 13.0 Å². The van der Waals surface area contributed by atoms with E-state index in [1.165, 1.54) is 18.7 Å². The Hall–Kier alpha value is -1.92. The summed E-state index contributed by atoms with van der Waals surface area (Å²) in [5.74, 6) is -1.50. The van der Waals surface area contributed by atoms with Crippen LogP contribution in [0.25, 0.3) is 0 Å². The fourth-order valence-electron chi connectivity index (χ4n) is 3.96. The molecule has 2 heterocycles. The lowest BCUT2D eigenvalue weighted by Crippen LogP contribution is -2.51. The smallest absolute Gasteiger partial charge is 0.371 e. The van der Waals surface area contributed by atoms with Crippen molar-refractivity contribution in [3.8, 4) is 0 Å². The molecule has 138 valence electrons. The standard InChI is InChI=1S/C18H24F3N3O/c1-17(2)15(18(19,20)21)8-11-24(17)16(25)22-13-6-5-7-14(12-13)23-9-3-4-10-23/h5-7,12,15H,3-4,8-11H2,1-2H3,(H,22,25)/t15-/m1/s1. The van der Waals surface area contributed by atoms with Crippen LogP contribution in [0.1, 0.15) is 33.1 Å². The molecule has 0 saturated carbocycles. The van der Waals surface area contributed by atoms with Gasteiger partial charge in [-0.1, -0.05) is 6.07 Å². The fourth-order valence-corrected chi connectivity index (χ4v) is 3.96. The second-order valence-corrected chi connectivity index (χ2v) is 7.36. The van der Waals surface area contributed by atoms with E-state index in [4.69, 9.17) is 0 Å². The number of carbonyl (C=O) groups is 1. The topological polar surface area (TPSA) is 35.6 Å². The molecule has 2 aliphatic rings. The van der Waals surface area contributed by atoms with Crippen LogP contribution in [-0.4, -0.2) is 42.3 Å². The van der Waals surface area contributed by atoms with Crippen molar-refractivity contribution < 1.29 is 18.0 Å². The van der Waals surface area contributed by atoms with Crippen molar-refractivity contribution in [3.05, 3.63) is 24.3 Å². The average Bonchev–Trinajstić information content (AvgIpc) is 3.13. The molecule has 2 amide bonds. The van der Waals surface area contributed by atoms with Gasteiger partial charge in [0.15, 0.2) is 0 Å². The highest BCUT2D eigenvalue weighted by Crippen LogP contribution is 2.44. The molecule has 1 N–H and O–H groups in total. The van der Waals surface area contributed by atoms with E-state index in [1.54, 1.807) is 6.07 Å². The fraction of sp³-hybridized carbons (Fsp3) is 0.611. The molecule has 1 atom stereocenters. The van der Waals surface area contributed by atoms with Gasteiger partial charge in [-0.2, -0.15) is 13.2 Å². The van der Waals surface area contributed by atoms with Crippen LogP contribution in [0.2, 0.25) is 0 Å². The lowest BCUT2D eigenvalue weighted by Gasteiger charge is -2.36. The predicted molar refractivity (Wildman–Crippen MR) is 91.9 cm³/mol. The van der Waals surface area contributed by atoms with Gasteiger partial charge in [-0.3, -0.25) is 0 Å². The number of nitrogens with zero attached hydrogens (tertiary/aromatic N) is 2.